The summed E-state index contributed by atoms with van der Waals surface area (Å²) in [6.07, 6.45) is 4.45. The van der Waals surface area contributed by atoms with Gasteiger partial charge in [-0.05, 0) is 38.6 Å². The van der Waals surface area contributed by atoms with Crippen molar-refractivity contribution in [2.75, 3.05) is 20.7 Å². The number of benzene rings is 1. The molecule has 0 aliphatic heterocycles. The van der Waals surface area contributed by atoms with E-state index in [1.54, 1.807) is 19.1 Å². The fourth-order valence-corrected chi connectivity index (χ4v) is 1.78. The number of nitrogens with zero attached hydrogens (tertiary/aromatic N) is 1. The van der Waals surface area contributed by atoms with Crippen LogP contribution in [0.3, 0.4) is 0 Å². The number of carbonyl (C=O) groups is 1. The van der Waals surface area contributed by atoms with Gasteiger partial charge in [0.05, 0.1) is 17.6 Å². The minimum Gasteiger partial charge on any atom is -0.465 e. The predicted octanol–water partition coefficient (Wildman–Crippen LogP) is 2.31. The second kappa shape index (κ2) is 7.40. The topological polar surface area (TPSA) is 81.5 Å². The zero-order chi connectivity index (χ0) is 15.1. The van der Waals surface area contributed by atoms with Gasteiger partial charge in [0.2, 0.25) is 0 Å². The van der Waals surface area contributed by atoms with Gasteiger partial charge >= 0.3 is 5.97 Å². The number of hydrogen-bond donors (Lipinski definition) is 1. The van der Waals surface area contributed by atoms with Gasteiger partial charge in [-0.1, -0.05) is 12.2 Å². The average Bonchev–Trinajstić information content (AvgIpc) is 2.43. The number of hydrogen-bond acceptors (Lipinski definition) is 5. The van der Waals surface area contributed by atoms with Gasteiger partial charge in [0, 0.05) is 11.6 Å². The van der Waals surface area contributed by atoms with Crippen LogP contribution in [0.2, 0.25) is 0 Å². The fourth-order valence-electron chi connectivity index (χ4n) is 1.78. The molecule has 0 aromatic heterocycles. The van der Waals surface area contributed by atoms with Crippen molar-refractivity contribution in [3.05, 3.63) is 45.0 Å². The molecule has 0 aliphatic carbocycles. The molecule has 20 heavy (non-hydrogen) atoms. The SMILES string of the molecule is CNCCC=Cc1cc(C(=O)OC)c(C)c([N+](=O)[O-])c1. The Labute approximate surface area is 117 Å². The van der Waals surface area contributed by atoms with Crippen molar-refractivity contribution in [1.82, 2.24) is 5.32 Å². The summed E-state index contributed by atoms with van der Waals surface area (Å²) in [4.78, 5) is 22.2. The van der Waals surface area contributed by atoms with Crippen LogP contribution in [0.1, 0.15) is 27.9 Å². The van der Waals surface area contributed by atoms with Gasteiger partial charge < -0.3 is 10.1 Å². The Kier molecular flexibility index (Phi) is 5.86. The van der Waals surface area contributed by atoms with E-state index in [9.17, 15) is 14.9 Å². The number of methoxy groups -OCH3 is 1. The van der Waals surface area contributed by atoms with Crippen molar-refractivity contribution in [3.8, 4) is 0 Å². The number of nitro groups is 1. The lowest BCUT2D eigenvalue weighted by atomic mass is 10.0. The van der Waals surface area contributed by atoms with Crippen molar-refractivity contribution < 1.29 is 14.5 Å². The highest BCUT2D eigenvalue weighted by molar-refractivity contribution is 5.93. The number of rotatable bonds is 6. The minimum atomic E-state index is -0.573. The molecule has 6 heteroatoms. The lowest BCUT2D eigenvalue weighted by Crippen LogP contribution is -2.07. The molecule has 0 unspecified atom stereocenters. The molecule has 0 saturated carbocycles. The van der Waals surface area contributed by atoms with Gasteiger partial charge in [0.1, 0.15) is 0 Å². The second-order valence-corrected chi connectivity index (χ2v) is 4.26. The van der Waals surface area contributed by atoms with E-state index in [-0.39, 0.29) is 11.3 Å². The fraction of sp³-hybridized carbons (Fsp3) is 0.357. The molecule has 1 aromatic carbocycles. The maximum Gasteiger partial charge on any atom is 0.338 e. The molecular weight excluding hydrogens is 260 g/mol. The smallest absolute Gasteiger partial charge is 0.338 e. The summed E-state index contributed by atoms with van der Waals surface area (Å²) in [7, 11) is 3.10. The molecule has 6 nitrogen and oxygen atoms in total. The lowest BCUT2D eigenvalue weighted by Gasteiger charge is -2.06. The molecule has 108 valence electrons. The minimum absolute atomic E-state index is 0.0823. The van der Waals surface area contributed by atoms with Crippen molar-refractivity contribution in [3.63, 3.8) is 0 Å². The van der Waals surface area contributed by atoms with Crippen molar-refractivity contribution in [2.24, 2.45) is 0 Å². The molecule has 1 rings (SSSR count). The van der Waals surface area contributed by atoms with Crippen LogP contribution < -0.4 is 5.32 Å². The first-order valence-electron chi connectivity index (χ1n) is 6.19. The average molecular weight is 278 g/mol. The number of carbonyl (C=O) groups excluding carboxylic acids is 1. The highest BCUT2D eigenvalue weighted by atomic mass is 16.6. The highest BCUT2D eigenvalue weighted by Crippen LogP contribution is 2.25. The van der Waals surface area contributed by atoms with E-state index in [1.807, 2.05) is 13.1 Å². The summed E-state index contributed by atoms with van der Waals surface area (Å²) < 4.78 is 4.65. The summed E-state index contributed by atoms with van der Waals surface area (Å²) in [5.74, 6) is -0.573. The molecule has 0 saturated heterocycles. The van der Waals surface area contributed by atoms with E-state index in [2.05, 4.69) is 10.1 Å². The monoisotopic (exact) mass is 278 g/mol. The standard InChI is InChI=1S/C14H18N2O4/c1-10-12(14(17)20-3)8-11(6-4-5-7-15-2)9-13(10)16(18)19/h4,6,8-9,15H,5,7H2,1-3H3. The van der Waals surface area contributed by atoms with Gasteiger partial charge in [-0.2, -0.15) is 0 Å². The first-order valence-corrected chi connectivity index (χ1v) is 6.19. The van der Waals surface area contributed by atoms with Gasteiger partial charge in [0.15, 0.2) is 0 Å². The molecule has 0 aliphatic rings. The van der Waals surface area contributed by atoms with E-state index >= 15 is 0 Å². The number of esters is 1. The molecule has 1 N–H and O–H groups in total. The van der Waals surface area contributed by atoms with Crippen LogP contribution >= 0.6 is 0 Å². The van der Waals surface area contributed by atoms with Gasteiger partial charge in [0.25, 0.3) is 5.69 Å². The summed E-state index contributed by atoms with van der Waals surface area (Å²) >= 11 is 0. The van der Waals surface area contributed by atoms with E-state index in [0.717, 1.165) is 13.0 Å². The van der Waals surface area contributed by atoms with Crippen molar-refractivity contribution in [2.45, 2.75) is 13.3 Å². The molecule has 1 aromatic rings. The Hall–Kier alpha value is -2.21. The lowest BCUT2D eigenvalue weighted by molar-refractivity contribution is -0.385. The van der Waals surface area contributed by atoms with Gasteiger partial charge in [-0.15, -0.1) is 0 Å². The first kappa shape index (κ1) is 15.8. The number of nitrogens with one attached hydrogen (secondary N) is 1. The van der Waals surface area contributed by atoms with Crippen molar-refractivity contribution >= 4 is 17.7 Å². The molecule has 0 radical (unpaired) electrons. The maximum absolute atomic E-state index is 11.7. The van der Waals surface area contributed by atoms with Crippen LogP contribution in [0.25, 0.3) is 6.08 Å². The molecule has 0 spiro atoms. The van der Waals surface area contributed by atoms with E-state index in [1.165, 1.54) is 13.2 Å². The molecule has 0 atom stereocenters. The summed E-state index contributed by atoms with van der Waals surface area (Å²) in [5.41, 5.74) is 1.06. The van der Waals surface area contributed by atoms with Crippen LogP contribution in [0, 0.1) is 17.0 Å². The van der Waals surface area contributed by atoms with Gasteiger partial charge in [-0.3, -0.25) is 10.1 Å². The molecule has 0 amide bonds. The third kappa shape index (κ3) is 3.89. The number of nitro benzene ring substituents is 1. The highest BCUT2D eigenvalue weighted by Gasteiger charge is 2.20. The summed E-state index contributed by atoms with van der Waals surface area (Å²) in [5, 5.41) is 14.0. The maximum atomic E-state index is 11.7. The summed E-state index contributed by atoms with van der Waals surface area (Å²) in [6, 6.07) is 3.06. The van der Waals surface area contributed by atoms with Crippen LogP contribution in [0.4, 0.5) is 5.69 Å². The first-order chi connectivity index (χ1) is 9.51. The van der Waals surface area contributed by atoms with Crippen LogP contribution in [0.5, 0.6) is 0 Å². The molecule has 0 fully saturated rings. The third-order valence-corrected chi connectivity index (χ3v) is 2.88. The van der Waals surface area contributed by atoms with E-state index in [0.29, 0.717) is 11.1 Å². The van der Waals surface area contributed by atoms with Crippen LogP contribution in [-0.4, -0.2) is 31.6 Å². The Morgan fingerprint density at radius 1 is 1.50 bits per heavy atom. The Bertz CT molecular complexity index is 538. The molecule has 0 bridgehead atoms. The van der Waals surface area contributed by atoms with E-state index < -0.39 is 10.9 Å². The normalized spacial score (nSPS) is 10.8. The predicted molar refractivity (Wildman–Crippen MR) is 76.8 cm³/mol. The Morgan fingerprint density at radius 2 is 2.20 bits per heavy atom. The second-order valence-electron chi connectivity index (χ2n) is 4.26. The zero-order valence-electron chi connectivity index (χ0n) is 11.8. The third-order valence-electron chi connectivity index (χ3n) is 2.88. The quantitative estimate of drug-likeness (QED) is 0.374. The van der Waals surface area contributed by atoms with E-state index in [4.69, 9.17) is 0 Å². The Balaban J connectivity index is 3.19. The van der Waals surface area contributed by atoms with Crippen LogP contribution in [-0.2, 0) is 4.74 Å². The van der Waals surface area contributed by atoms with Gasteiger partial charge in [-0.25, -0.2) is 4.79 Å². The van der Waals surface area contributed by atoms with Crippen LogP contribution in [0.15, 0.2) is 18.2 Å². The Morgan fingerprint density at radius 3 is 2.75 bits per heavy atom. The molecule has 0 heterocycles. The number of ether oxygens (including phenoxy) is 1. The molecular formula is C14H18N2O4. The van der Waals surface area contributed by atoms with Crippen molar-refractivity contribution in [1.29, 1.82) is 0 Å². The largest absolute Gasteiger partial charge is 0.465 e. The summed E-state index contributed by atoms with van der Waals surface area (Å²) in [6.45, 7) is 2.35. The zero-order valence-corrected chi connectivity index (χ0v) is 11.8.